The van der Waals surface area contributed by atoms with Crippen LogP contribution in [0.1, 0.15) is 29.3 Å². The maximum Gasteiger partial charge on any atom is 0.414 e. The van der Waals surface area contributed by atoms with Gasteiger partial charge >= 0.3 is 12.1 Å². The number of anilines is 2. The Kier molecular flexibility index (Phi) is 8.27. The highest BCUT2D eigenvalue weighted by molar-refractivity contribution is 5.91. The van der Waals surface area contributed by atoms with Crippen LogP contribution in [-0.2, 0) is 20.8 Å². The number of cyclic esters (lactones) is 1. The number of nitrogens with zero attached hydrogens (tertiary/aromatic N) is 4. The summed E-state index contributed by atoms with van der Waals surface area (Å²) >= 11 is 0. The average molecular weight is 513 g/mol. The fourth-order valence-electron chi connectivity index (χ4n) is 4.53. The van der Waals surface area contributed by atoms with Gasteiger partial charge in [0.25, 0.3) is 5.91 Å². The van der Waals surface area contributed by atoms with E-state index in [-0.39, 0.29) is 18.6 Å². The van der Waals surface area contributed by atoms with E-state index >= 15 is 0 Å². The third-order valence-corrected chi connectivity index (χ3v) is 6.53. The van der Waals surface area contributed by atoms with Crippen LogP contribution in [0.25, 0.3) is 0 Å². The molecule has 0 spiro atoms. The molecule has 10 heteroatoms. The van der Waals surface area contributed by atoms with Crippen LogP contribution in [0.3, 0.4) is 0 Å². The number of carbonyl (C=O) groups is 3. The average Bonchev–Trinajstić information content (AvgIpc) is 3.27. The van der Waals surface area contributed by atoms with Crippen molar-refractivity contribution < 1.29 is 28.2 Å². The van der Waals surface area contributed by atoms with Crippen molar-refractivity contribution in [3.63, 3.8) is 0 Å². The van der Waals surface area contributed by atoms with E-state index in [2.05, 4.69) is 0 Å². The number of esters is 1. The van der Waals surface area contributed by atoms with Crippen LogP contribution in [0.2, 0.25) is 0 Å². The fraction of sp³-hybridized carbons (Fsp3) is 0.444. The topological polar surface area (TPSA) is 82.6 Å². The molecule has 9 nitrogen and oxygen atoms in total. The first-order chi connectivity index (χ1) is 17.7. The molecular formula is C27H33FN4O5. The predicted molar refractivity (Wildman–Crippen MR) is 137 cm³/mol. The lowest BCUT2D eigenvalue weighted by atomic mass is 10.1. The van der Waals surface area contributed by atoms with Crippen LogP contribution < -0.4 is 9.80 Å². The number of rotatable bonds is 8. The van der Waals surface area contributed by atoms with Gasteiger partial charge in [-0.2, -0.15) is 0 Å². The van der Waals surface area contributed by atoms with E-state index in [1.807, 2.05) is 36.9 Å². The molecule has 0 N–H and O–H groups in total. The first-order valence-corrected chi connectivity index (χ1v) is 12.5. The molecule has 2 aromatic carbocycles. The zero-order chi connectivity index (χ0) is 26.5. The molecule has 0 unspecified atom stereocenters. The highest BCUT2D eigenvalue weighted by Gasteiger charge is 2.32. The van der Waals surface area contributed by atoms with Gasteiger partial charge in [-0.15, -0.1) is 0 Å². The van der Waals surface area contributed by atoms with Crippen molar-refractivity contribution in [2.45, 2.75) is 26.0 Å². The highest BCUT2D eigenvalue weighted by atomic mass is 19.1. The van der Waals surface area contributed by atoms with Gasteiger partial charge in [-0.25, -0.2) is 14.0 Å². The van der Waals surface area contributed by atoms with Gasteiger partial charge < -0.3 is 24.2 Å². The molecule has 37 heavy (non-hydrogen) atoms. The van der Waals surface area contributed by atoms with Crippen molar-refractivity contribution >= 4 is 29.3 Å². The number of amides is 2. The number of hydrogen-bond acceptors (Lipinski definition) is 7. The van der Waals surface area contributed by atoms with Gasteiger partial charge in [0, 0.05) is 32.7 Å². The van der Waals surface area contributed by atoms with Crippen LogP contribution in [0.4, 0.5) is 20.6 Å². The van der Waals surface area contributed by atoms with E-state index in [9.17, 15) is 18.8 Å². The second-order valence-electron chi connectivity index (χ2n) is 9.54. The highest BCUT2D eigenvalue weighted by Crippen LogP contribution is 2.29. The van der Waals surface area contributed by atoms with Crippen molar-refractivity contribution in [3.05, 3.63) is 59.4 Å². The zero-order valence-corrected chi connectivity index (χ0v) is 21.5. The Morgan fingerprint density at radius 2 is 1.86 bits per heavy atom. The van der Waals surface area contributed by atoms with E-state index < -0.39 is 17.9 Å². The fourth-order valence-corrected chi connectivity index (χ4v) is 4.53. The van der Waals surface area contributed by atoms with Gasteiger partial charge in [-0.3, -0.25) is 9.69 Å². The zero-order valence-electron chi connectivity index (χ0n) is 21.5. The Bertz CT molecular complexity index is 1150. The Morgan fingerprint density at radius 3 is 2.51 bits per heavy atom. The molecule has 2 aliphatic rings. The number of ether oxygens (including phenoxy) is 2. The molecule has 2 saturated heterocycles. The van der Waals surface area contributed by atoms with Crippen molar-refractivity contribution in [1.29, 1.82) is 0 Å². The third kappa shape index (κ3) is 6.37. The van der Waals surface area contributed by atoms with Gasteiger partial charge in [-0.1, -0.05) is 19.1 Å². The van der Waals surface area contributed by atoms with Crippen LogP contribution in [-0.4, -0.2) is 87.3 Å². The predicted octanol–water partition coefficient (Wildman–Crippen LogP) is 3.13. The molecule has 0 bridgehead atoms. The molecule has 198 valence electrons. The third-order valence-electron chi connectivity index (χ3n) is 6.53. The number of halogens is 1. The minimum absolute atomic E-state index is 0.187. The monoisotopic (exact) mass is 512 g/mol. The molecule has 0 saturated carbocycles. The van der Waals surface area contributed by atoms with Gasteiger partial charge in [0.1, 0.15) is 11.9 Å². The molecule has 4 rings (SSSR count). The standard InChI is InChI=1S/C27H33FN4O5/c1-4-22-17-32(27(35)37-22)21-8-9-24(23(28)15-21)30-10-12-31(13-11-30)25(33)18-36-26(34)20-7-5-6-19(14-20)16-29(2)3/h5-9,14-15,22H,4,10-13,16-18H2,1-3H3/t22-/m0/s1. The van der Waals surface area contributed by atoms with E-state index in [4.69, 9.17) is 9.47 Å². The van der Waals surface area contributed by atoms with Crippen molar-refractivity contribution in [2.75, 3.05) is 63.2 Å². The maximum atomic E-state index is 15.0. The lowest BCUT2D eigenvalue weighted by molar-refractivity contribution is -0.134. The van der Waals surface area contributed by atoms with E-state index in [1.165, 1.54) is 11.0 Å². The van der Waals surface area contributed by atoms with Gasteiger partial charge in [0.05, 0.1) is 23.5 Å². The molecule has 2 fully saturated rings. The molecule has 2 aromatic rings. The largest absolute Gasteiger partial charge is 0.452 e. The lowest BCUT2D eigenvalue weighted by Crippen LogP contribution is -2.50. The first-order valence-electron chi connectivity index (χ1n) is 12.5. The summed E-state index contributed by atoms with van der Waals surface area (Å²) in [6.45, 7) is 4.32. The molecule has 0 aliphatic carbocycles. The van der Waals surface area contributed by atoms with Crippen LogP contribution in [0.5, 0.6) is 0 Å². The van der Waals surface area contributed by atoms with Gasteiger partial charge in [-0.05, 0) is 56.4 Å². The van der Waals surface area contributed by atoms with E-state index in [1.54, 1.807) is 35.2 Å². The quantitative estimate of drug-likeness (QED) is 0.503. The van der Waals surface area contributed by atoms with E-state index in [0.717, 1.165) is 5.56 Å². The molecular weight excluding hydrogens is 479 g/mol. The molecule has 2 aliphatic heterocycles. The van der Waals surface area contributed by atoms with Crippen LogP contribution in [0.15, 0.2) is 42.5 Å². The summed E-state index contributed by atoms with van der Waals surface area (Å²) in [5, 5.41) is 0. The molecule has 0 radical (unpaired) electrons. The van der Waals surface area contributed by atoms with Gasteiger partial charge in [0.2, 0.25) is 0 Å². The number of piperazine rings is 1. The Hall–Kier alpha value is -3.66. The second kappa shape index (κ2) is 11.6. The summed E-state index contributed by atoms with van der Waals surface area (Å²) in [7, 11) is 3.89. The molecule has 2 heterocycles. The van der Waals surface area contributed by atoms with Crippen LogP contribution in [0, 0.1) is 5.82 Å². The summed E-state index contributed by atoms with van der Waals surface area (Å²) in [6, 6.07) is 11.9. The SMILES string of the molecule is CC[C@H]1CN(c2ccc(N3CCN(C(=O)COC(=O)c4cccc(CN(C)C)c4)CC3)c(F)c2)C(=O)O1. The summed E-state index contributed by atoms with van der Waals surface area (Å²) in [5.41, 5.74) is 2.26. The Morgan fingerprint density at radius 1 is 1.11 bits per heavy atom. The van der Waals surface area contributed by atoms with Crippen molar-refractivity contribution in [2.24, 2.45) is 0 Å². The molecule has 0 aromatic heterocycles. The Labute approximate surface area is 216 Å². The number of benzene rings is 2. The van der Waals surface area contributed by atoms with Crippen LogP contribution >= 0.6 is 0 Å². The summed E-state index contributed by atoms with van der Waals surface area (Å²) in [6.07, 6.45) is 0.0519. The minimum Gasteiger partial charge on any atom is -0.452 e. The van der Waals surface area contributed by atoms with E-state index in [0.29, 0.717) is 62.6 Å². The van der Waals surface area contributed by atoms with Gasteiger partial charge in [0.15, 0.2) is 6.61 Å². The Balaban J connectivity index is 1.28. The lowest BCUT2D eigenvalue weighted by Gasteiger charge is -2.36. The first kappa shape index (κ1) is 26.4. The number of hydrogen-bond donors (Lipinski definition) is 0. The number of carbonyl (C=O) groups excluding carboxylic acids is 3. The smallest absolute Gasteiger partial charge is 0.414 e. The van der Waals surface area contributed by atoms with Crippen molar-refractivity contribution in [3.8, 4) is 0 Å². The minimum atomic E-state index is -0.540. The summed E-state index contributed by atoms with van der Waals surface area (Å²) < 4.78 is 25.5. The maximum absolute atomic E-state index is 15.0. The molecule has 1 atom stereocenters. The molecule has 2 amide bonds. The normalized spacial score (nSPS) is 17.8. The summed E-state index contributed by atoms with van der Waals surface area (Å²) in [4.78, 5) is 44.1. The summed E-state index contributed by atoms with van der Waals surface area (Å²) in [5.74, 6) is -1.26. The second-order valence-corrected chi connectivity index (χ2v) is 9.54. The van der Waals surface area contributed by atoms with Crippen molar-refractivity contribution in [1.82, 2.24) is 9.80 Å².